The summed E-state index contributed by atoms with van der Waals surface area (Å²) in [5.74, 6) is 0.931. The Morgan fingerprint density at radius 3 is 2.33 bits per heavy atom. The van der Waals surface area contributed by atoms with Crippen LogP contribution in [0.1, 0.15) is 52.4 Å². The second-order valence-corrected chi connectivity index (χ2v) is 5.74. The molecule has 0 aromatic carbocycles. The van der Waals surface area contributed by atoms with Crippen LogP contribution in [0.15, 0.2) is 0 Å². The van der Waals surface area contributed by atoms with Crippen LogP contribution in [0.5, 0.6) is 0 Å². The Kier molecular flexibility index (Phi) is 5.07. The summed E-state index contributed by atoms with van der Waals surface area (Å²) >= 11 is 0. The van der Waals surface area contributed by atoms with E-state index in [-0.39, 0.29) is 5.54 Å². The van der Waals surface area contributed by atoms with Gasteiger partial charge in [-0.25, -0.2) is 0 Å². The Balaban J connectivity index is 2.35. The predicted molar refractivity (Wildman–Crippen MR) is 67.0 cm³/mol. The average Bonchev–Trinajstić information content (AvgIpc) is 2.19. The van der Waals surface area contributed by atoms with Gasteiger partial charge in [-0.1, -0.05) is 19.3 Å². The summed E-state index contributed by atoms with van der Waals surface area (Å²) in [7, 11) is 2.25. The highest BCUT2D eigenvalue weighted by Gasteiger charge is 2.25. The summed E-state index contributed by atoms with van der Waals surface area (Å²) in [4.78, 5) is 2.51. The van der Waals surface area contributed by atoms with Crippen LogP contribution in [0.4, 0.5) is 0 Å². The molecule has 90 valence electrons. The zero-order chi connectivity index (χ0) is 11.3. The molecule has 0 bridgehead atoms. The first-order chi connectivity index (χ1) is 7.06. The van der Waals surface area contributed by atoms with E-state index in [2.05, 4.69) is 25.8 Å². The van der Waals surface area contributed by atoms with Crippen molar-refractivity contribution in [1.29, 1.82) is 0 Å². The quantitative estimate of drug-likeness (QED) is 0.759. The Morgan fingerprint density at radius 2 is 1.80 bits per heavy atom. The zero-order valence-electron chi connectivity index (χ0n) is 10.8. The lowest BCUT2D eigenvalue weighted by atomic mass is 9.87. The van der Waals surface area contributed by atoms with Gasteiger partial charge in [0.25, 0.3) is 0 Å². The van der Waals surface area contributed by atoms with E-state index < -0.39 is 0 Å². The standard InChI is InChI=1S/C13H28N2/c1-13(2,9-10-14)15(3)11-12-7-5-4-6-8-12/h12H,4-11,14H2,1-3H3. The van der Waals surface area contributed by atoms with Gasteiger partial charge in [-0.2, -0.15) is 0 Å². The molecule has 0 unspecified atom stereocenters. The fraction of sp³-hybridized carbons (Fsp3) is 1.00. The van der Waals surface area contributed by atoms with Crippen molar-refractivity contribution in [3.63, 3.8) is 0 Å². The van der Waals surface area contributed by atoms with Crippen LogP contribution in [0.25, 0.3) is 0 Å². The minimum atomic E-state index is 0.270. The highest BCUT2D eigenvalue weighted by atomic mass is 15.2. The second-order valence-electron chi connectivity index (χ2n) is 5.74. The second kappa shape index (κ2) is 5.86. The number of hydrogen-bond donors (Lipinski definition) is 1. The van der Waals surface area contributed by atoms with E-state index in [1.165, 1.54) is 38.6 Å². The molecule has 0 spiro atoms. The molecule has 0 saturated heterocycles. The van der Waals surface area contributed by atoms with E-state index >= 15 is 0 Å². The van der Waals surface area contributed by atoms with Gasteiger partial charge < -0.3 is 10.6 Å². The van der Waals surface area contributed by atoms with Crippen molar-refractivity contribution in [1.82, 2.24) is 4.90 Å². The molecule has 1 fully saturated rings. The largest absolute Gasteiger partial charge is 0.330 e. The van der Waals surface area contributed by atoms with Crippen LogP contribution in [-0.2, 0) is 0 Å². The molecule has 2 heteroatoms. The van der Waals surface area contributed by atoms with Crippen LogP contribution >= 0.6 is 0 Å². The van der Waals surface area contributed by atoms with Gasteiger partial charge in [0.05, 0.1) is 0 Å². The van der Waals surface area contributed by atoms with Crippen LogP contribution < -0.4 is 5.73 Å². The smallest absolute Gasteiger partial charge is 0.0162 e. The first-order valence-corrected chi connectivity index (χ1v) is 6.47. The summed E-state index contributed by atoms with van der Waals surface area (Å²) in [6.45, 7) is 6.67. The third kappa shape index (κ3) is 4.12. The van der Waals surface area contributed by atoms with E-state index in [9.17, 15) is 0 Å². The van der Waals surface area contributed by atoms with E-state index in [4.69, 9.17) is 5.73 Å². The van der Waals surface area contributed by atoms with Crippen molar-refractivity contribution in [2.45, 2.75) is 57.9 Å². The van der Waals surface area contributed by atoms with Crippen LogP contribution in [0.2, 0.25) is 0 Å². The normalized spacial score (nSPS) is 19.8. The number of rotatable bonds is 5. The number of hydrogen-bond acceptors (Lipinski definition) is 2. The summed E-state index contributed by atoms with van der Waals surface area (Å²) in [5, 5.41) is 0. The molecule has 1 aliphatic rings. The fourth-order valence-corrected chi connectivity index (χ4v) is 2.55. The average molecular weight is 212 g/mol. The molecule has 0 radical (unpaired) electrons. The van der Waals surface area contributed by atoms with E-state index in [0.717, 1.165) is 18.9 Å². The van der Waals surface area contributed by atoms with Crippen molar-refractivity contribution in [2.24, 2.45) is 11.7 Å². The molecule has 1 saturated carbocycles. The Bertz CT molecular complexity index is 171. The van der Waals surface area contributed by atoms with Crippen molar-refractivity contribution < 1.29 is 0 Å². The molecule has 2 N–H and O–H groups in total. The van der Waals surface area contributed by atoms with Gasteiger partial charge in [-0.05, 0) is 52.6 Å². The maximum Gasteiger partial charge on any atom is 0.0162 e. The van der Waals surface area contributed by atoms with Crippen molar-refractivity contribution >= 4 is 0 Å². The SMILES string of the molecule is CN(CC1CCCCC1)C(C)(C)CCN. The van der Waals surface area contributed by atoms with Gasteiger partial charge in [-0.15, -0.1) is 0 Å². The van der Waals surface area contributed by atoms with E-state index in [1.54, 1.807) is 0 Å². The van der Waals surface area contributed by atoms with Gasteiger partial charge >= 0.3 is 0 Å². The van der Waals surface area contributed by atoms with Crippen molar-refractivity contribution in [3.8, 4) is 0 Å². The Labute approximate surface area is 95.2 Å². The minimum absolute atomic E-state index is 0.270. The third-order valence-corrected chi connectivity index (χ3v) is 4.05. The van der Waals surface area contributed by atoms with Crippen LogP contribution in [0, 0.1) is 5.92 Å². The monoisotopic (exact) mass is 212 g/mol. The summed E-state index contributed by atoms with van der Waals surface area (Å²) in [6.07, 6.45) is 8.29. The molecule has 0 aromatic heterocycles. The molecular weight excluding hydrogens is 184 g/mol. The molecule has 0 heterocycles. The molecule has 0 aromatic rings. The van der Waals surface area contributed by atoms with Crippen molar-refractivity contribution in [2.75, 3.05) is 20.1 Å². The van der Waals surface area contributed by atoms with Gasteiger partial charge in [0.2, 0.25) is 0 Å². The van der Waals surface area contributed by atoms with Crippen LogP contribution in [-0.4, -0.2) is 30.6 Å². The molecule has 15 heavy (non-hydrogen) atoms. The van der Waals surface area contributed by atoms with E-state index in [1.807, 2.05) is 0 Å². The highest BCUT2D eigenvalue weighted by Crippen LogP contribution is 2.26. The first-order valence-electron chi connectivity index (χ1n) is 6.47. The summed E-state index contributed by atoms with van der Waals surface area (Å²) < 4.78 is 0. The Hall–Kier alpha value is -0.0800. The fourth-order valence-electron chi connectivity index (χ4n) is 2.55. The molecule has 1 aliphatic carbocycles. The summed E-state index contributed by atoms with van der Waals surface area (Å²) in [6, 6.07) is 0. The van der Waals surface area contributed by atoms with Crippen LogP contribution in [0.3, 0.4) is 0 Å². The minimum Gasteiger partial charge on any atom is -0.330 e. The van der Waals surface area contributed by atoms with Gasteiger partial charge in [-0.3, -0.25) is 0 Å². The lowest BCUT2D eigenvalue weighted by Crippen LogP contribution is -2.45. The molecule has 2 nitrogen and oxygen atoms in total. The third-order valence-electron chi connectivity index (χ3n) is 4.05. The number of nitrogens with zero attached hydrogens (tertiary/aromatic N) is 1. The molecule has 1 rings (SSSR count). The maximum absolute atomic E-state index is 5.66. The van der Waals surface area contributed by atoms with Crippen molar-refractivity contribution in [3.05, 3.63) is 0 Å². The number of nitrogens with two attached hydrogens (primary N) is 1. The lowest BCUT2D eigenvalue weighted by molar-refractivity contribution is 0.113. The predicted octanol–water partition coefficient (Wildman–Crippen LogP) is 2.63. The lowest BCUT2D eigenvalue weighted by Gasteiger charge is -2.38. The van der Waals surface area contributed by atoms with Gasteiger partial charge in [0.1, 0.15) is 0 Å². The molecule has 0 aliphatic heterocycles. The van der Waals surface area contributed by atoms with Gasteiger partial charge in [0, 0.05) is 12.1 Å². The maximum atomic E-state index is 5.66. The molecular formula is C13H28N2. The summed E-state index contributed by atoms with van der Waals surface area (Å²) in [5.41, 5.74) is 5.93. The zero-order valence-corrected chi connectivity index (χ0v) is 10.8. The highest BCUT2D eigenvalue weighted by molar-refractivity contribution is 4.81. The van der Waals surface area contributed by atoms with Gasteiger partial charge in [0.15, 0.2) is 0 Å². The van der Waals surface area contributed by atoms with E-state index in [0.29, 0.717) is 0 Å². The molecule has 0 amide bonds. The Morgan fingerprint density at radius 1 is 1.20 bits per heavy atom. The topological polar surface area (TPSA) is 29.3 Å². The first kappa shape index (κ1) is 13.0. The molecule has 0 atom stereocenters.